The Morgan fingerprint density at radius 1 is 0.857 bits per heavy atom. The number of para-hydroxylation sites is 1. The number of hydrogen-bond acceptors (Lipinski definition) is 4. The summed E-state index contributed by atoms with van der Waals surface area (Å²) in [5, 5.41) is 12.4. The van der Waals surface area contributed by atoms with Gasteiger partial charge in [-0.1, -0.05) is 60.7 Å². The minimum absolute atomic E-state index is 0.0632. The van der Waals surface area contributed by atoms with Crippen LogP contribution in [0.1, 0.15) is 21.5 Å². The highest BCUT2D eigenvalue weighted by atomic mass is 16.4. The molecule has 0 saturated carbocycles. The second-order valence-corrected chi connectivity index (χ2v) is 9.89. The minimum atomic E-state index is -0.904. The maximum absolute atomic E-state index is 12.6. The molecule has 2 fully saturated rings. The van der Waals surface area contributed by atoms with E-state index in [-0.39, 0.29) is 11.3 Å². The number of rotatable bonds is 8. The van der Waals surface area contributed by atoms with E-state index in [1.807, 2.05) is 48.5 Å². The highest BCUT2D eigenvalue weighted by Gasteiger charge is 2.53. The van der Waals surface area contributed by atoms with Crippen molar-refractivity contribution in [1.82, 2.24) is 10.2 Å². The van der Waals surface area contributed by atoms with E-state index in [1.54, 1.807) is 12.1 Å². The lowest BCUT2D eigenvalue weighted by Crippen LogP contribution is -2.62. The molecule has 180 valence electrons. The first-order valence-corrected chi connectivity index (χ1v) is 12.2. The SMILES string of the molecule is O=C(Cc1ccccc1)NCC1CN(Cc2ccc(C(=O)O)cc2)CC12CN(c1ccccc1)C2. The van der Waals surface area contributed by atoms with Crippen LogP contribution in [0, 0.1) is 11.3 Å². The largest absolute Gasteiger partial charge is 0.478 e. The van der Waals surface area contributed by atoms with Gasteiger partial charge in [0.15, 0.2) is 0 Å². The van der Waals surface area contributed by atoms with Crippen molar-refractivity contribution in [2.45, 2.75) is 13.0 Å². The number of carboxylic acids is 1. The Balaban J connectivity index is 1.25. The van der Waals surface area contributed by atoms with Crippen molar-refractivity contribution < 1.29 is 14.7 Å². The Morgan fingerprint density at radius 3 is 2.17 bits per heavy atom. The van der Waals surface area contributed by atoms with Gasteiger partial charge < -0.3 is 15.3 Å². The molecule has 0 bridgehead atoms. The van der Waals surface area contributed by atoms with E-state index >= 15 is 0 Å². The maximum atomic E-state index is 12.6. The van der Waals surface area contributed by atoms with Crippen molar-refractivity contribution in [2.24, 2.45) is 11.3 Å². The number of carbonyl (C=O) groups excluding carboxylic acids is 1. The van der Waals surface area contributed by atoms with Gasteiger partial charge in [0.2, 0.25) is 5.91 Å². The molecule has 6 nitrogen and oxygen atoms in total. The van der Waals surface area contributed by atoms with Crippen LogP contribution in [0.3, 0.4) is 0 Å². The molecule has 1 spiro atoms. The van der Waals surface area contributed by atoms with Crippen LogP contribution in [-0.4, -0.2) is 54.6 Å². The van der Waals surface area contributed by atoms with Crippen LogP contribution in [0.25, 0.3) is 0 Å². The number of likely N-dealkylation sites (tertiary alicyclic amines) is 1. The van der Waals surface area contributed by atoms with Crippen LogP contribution in [0.4, 0.5) is 5.69 Å². The van der Waals surface area contributed by atoms with Gasteiger partial charge in [-0.15, -0.1) is 0 Å². The molecule has 3 aromatic rings. The molecule has 0 aromatic heterocycles. The third-order valence-electron chi connectivity index (χ3n) is 7.38. The van der Waals surface area contributed by atoms with Crippen LogP contribution >= 0.6 is 0 Å². The number of benzene rings is 3. The molecule has 1 atom stereocenters. The maximum Gasteiger partial charge on any atom is 0.335 e. The van der Waals surface area contributed by atoms with Gasteiger partial charge in [0.25, 0.3) is 0 Å². The van der Waals surface area contributed by atoms with Crippen LogP contribution < -0.4 is 10.2 Å². The molecule has 5 rings (SSSR count). The molecule has 3 aromatic carbocycles. The standard InChI is InChI=1S/C29H31N3O3/c33-27(15-22-7-3-1-4-8-22)30-16-25-18-31(17-23-11-13-24(14-12-23)28(34)35)19-29(25)20-32(21-29)26-9-5-2-6-10-26/h1-14,25H,15-21H2,(H,30,33)(H,34,35). The molecule has 2 heterocycles. The zero-order valence-electron chi connectivity index (χ0n) is 19.8. The van der Waals surface area contributed by atoms with E-state index in [2.05, 4.69) is 39.4 Å². The summed E-state index contributed by atoms with van der Waals surface area (Å²) in [6.07, 6.45) is 0.399. The first-order valence-electron chi connectivity index (χ1n) is 12.2. The summed E-state index contributed by atoms with van der Waals surface area (Å²) in [5.41, 5.74) is 3.82. The molecule has 6 heteroatoms. The molecular formula is C29H31N3O3. The normalized spacial score (nSPS) is 18.9. The van der Waals surface area contributed by atoms with E-state index in [1.165, 1.54) is 5.69 Å². The smallest absolute Gasteiger partial charge is 0.335 e. The van der Waals surface area contributed by atoms with Gasteiger partial charge in [0.05, 0.1) is 12.0 Å². The molecule has 2 aliphatic heterocycles. The van der Waals surface area contributed by atoms with Gasteiger partial charge in [-0.3, -0.25) is 9.69 Å². The van der Waals surface area contributed by atoms with Crippen LogP contribution in [0.2, 0.25) is 0 Å². The van der Waals surface area contributed by atoms with Crippen molar-refractivity contribution >= 4 is 17.6 Å². The van der Waals surface area contributed by atoms with Gasteiger partial charge in [0, 0.05) is 50.4 Å². The number of carbonyl (C=O) groups is 2. The van der Waals surface area contributed by atoms with Crippen molar-refractivity contribution in [2.75, 3.05) is 37.6 Å². The second kappa shape index (κ2) is 9.92. The fourth-order valence-electron chi connectivity index (χ4n) is 5.53. The third kappa shape index (κ3) is 5.23. The molecular weight excluding hydrogens is 438 g/mol. The van der Waals surface area contributed by atoms with Gasteiger partial charge in [0.1, 0.15) is 0 Å². The zero-order chi connectivity index (χ0) is 24.3. The number of anilines is 1. The first kappa shape index (κ1) is 23.1. The number of amides is 1. The van der Waals surface area contributed by atoms with E-state index in [9.17, 15) is 9.59 Å². The second-order valence-electron chi connectivity index (χ2n) is 9.89. The van der Waals surface area contributed by atoms with E-state index < -0.39 is 5.97 Å². The number of carboxylic acid groups (broad SMARTS) is 1. The number of aromatic carboxylic acids is 1. The zero-order valence-corrected chi connectivity index (χ0v) is 19.8. The first-order chi connectivity index (χ1) is 17.0. The van der Waals surface area contributed by atoms with Crippen LogP contribution in [0.15, 0.2) is 84.9 Å². The average Bonchev–Trinajstić information content (AvgIpc) is 3.21. The Morgan fingerprint density at radius 2 is 1.51 bits per heavy atom. The fourth-order valence-corrected chi connectivity index (χ4v) is 5.53. The number of nitrogens with one attached hydrogen (secondary N) is 1. The van der Waals surface area contributed by atoms with E-state index in [0.717, 1.165) is 43.9 Å². The molecule has 2 saturated heterocycles. The molecule has 2 N–H and O–H groups in total. The predicted molar refractivity (Wildman–Crippen MR) is 136 cm³/mol. The van der Waals surface area contributed by atoms with Crippen molar-refractivity contribution in [3.05, 3.63) is 102 Å². The summed E-state index contributed by atoms with van der Waals surface area (Å²) in [6, 6.07) is 27.5. The van der Waals surface area contributed by atoms with Gasteiger partial charge in [-0.25, -0.2) is 4.79 Å². The topological polar surface area (TPSA) is 72.9 Å². The van der Waals surface area contributed by atoms with Crippen molar-refractivity contribution in [3.8, 4) is 0 Å². The Kier molecular flexibility index (Phi) is 6.55. The third-order valence-corrected chi connectivity index (χ3v) is 7.38. The Labute approximate surface area is 206 Å². The van der Waals surface area contributed by atoms with Gasteiger partial charge in [-0.05, 0) is 41.3 Å². The summed E-state index contributed by atoms with van der Waals surface area (Å²) >= 11 is 0. The Hall–Kier alpha value is -3.64. The van der Waals surface area contributed by atoms with Crippen LogP contribution in [0.5, 0.6) is 0 Å². The lowest BCUT2D eigenvalue weighted by Gasteiger charge is -2.52. The lowest BCUT2D eigenvalue weighted by molar-refractivity contribution is -0.120. The average molecular weight is 470 g/mol. The summed E-state index contributed by atoms with van der Waals surface area (Å²) in [6.45, 7) is 5.28. The molecule has 35 heavy (non-hydrogen) atoms. The molecule has 1 unspecified atom stereocenters. The minimum Gasteiger partial charge on any atom is -0.478 e. The summed E-state index contributed by atoms with van der Waals surface area (Å²) in [7, 11) is 0. The summed E-state index contributed by atoms with van der Waals surface area (Å²) < 4.78 is 0. The van der Waals surface area contributed by atoms with E-state index in [0.29, 0.717) is 24.4 Å². The predicted octanol–water partition coefficient (Wildman–Crippen LogP) is 3.68. The van der Waals surface area contributed by atoms with Crippen molar-refractivity contribution in [1.29, 1.82) is 0 Å². The van der Waals surface area contributed by atoms with Gasteiger partial charge in [-0.2, -0.15) is 0 Å². The van der Waals surface area contributed by atoms with E-state index in [4.69, 9.17) is 5.11 Å². The monoisotopic (exact) mass is 469 g/mol. The lowest BCUT2D eigenvalue weighted by atomic mass is 9.71. The van der Waals surface area contributed by atoms with Gasteiger partial charge >= 0.3 is 5.97 Å². The highest BCUT2D eigenvalue weighted by molar-refractivity contribution is 5.87. The highest BCUT2D eigenvalue weighted by Crippen LogP contribution is 2.45. The molecule has 0 aliphatic carbocycles. The number of nitrogens with zero attached hydrogens (tertiary/aromatic N) is 2. The quantitative estimate of drug-likeness (QED) is 0.527. The summed E-state index contributed by atoms with van der Waals surface area (Å²) in [4.78, 5) is 28.7. The Bertz CT molecular complexity index is 1160. The fraction of sp³-hybridized carbons (Fsp3) is 0.310. The molecule has 0 radical (unpaired) electrons. The molecule has 1 amide bonds. The number of hydrogen-bond donors (Lipinski definition) is 2. The summed E-state index contributed by atoms with van der Waals surface area (Å²) in [5.74, 6) is -0.479. The molecule has 2 aliphatic rings. The van der Waals surface area contributed by atoms with Crippen LogP contribution in [-0.2, 0) is 17.8 Å². The van der Waals surface area contributed by atoms with Crippen molar-refractivity contribution in [3.63, 3.8) is 0 Å².